The topological polar surface area (TPSA) is 79.4 Å². The highest BCUT2D eigenvalue weighted by molar-refractivity contribution is 7.97. The normalized spacial score (nSPS) is 18.1. The average molecular weight is 315 g/mol. The molecule has 2 heterocycles. The molecule has 22 heavy (non-hydrogen) atoms. The number of anilines is 2. The van der Waals surface area contributed by atoms with Crippen LogP contribution in [0.2, 0.25) is 0 Å². The smallest absolute Gasteiger partial charge is 0.269 e. The molecule has 0 atom stereocenters. The van der Waals surface area contributed by atoms with E-state index < -0.39 is 15.8 Å². The maximum absolute atomic E-state index is 12.5. The molecule has 0 spiro atoms. The molecule has 112 valence electrons. The third-order valence-corrected chi connectivity index (χ3v) is 5.14. The number of benzene rings is 1. The summed E-state index contributed by atoms with van der Waals surface area (Å²) in [4.78, 5) is 16.2. The van der Waals surface area contributed by atoms with Crippen LogP contribution in [0.1, 0.15) is 10.4 Å². The second-order valence-corrected chi connectivity index (χ2v) is 6.62. The van der Waals surface area contributed by atoms with Crippen molar-refractivity contribution >= 4 is 27.3 Å². The lowest BCUT2D eigenvalue weighted by Gasteiger charge is -2.27. The molecule has 1 aromatic heterocycles. The molecular formula is C15H13N3O3S. The number of nitrogens with zero attached hydrogens (tertiary/aromatic N) is 2. The maximum atomic E-state index is 12.5. The van der Waals surface area contributed by atoms with E-state index in [0.29, 0.717) is 17.1 Å². The van der Waals surface area contributed by atoms with Crippen LogP contribution in [0.5, 0.6) is 0 Å². The Morgan fingerprint density at radius 3 is 2.59 bits per heavy atom. The van der Waals surface area contributed by atoms with E-state index in [-0.39, 0.29) is 4.91 Å². The molecule has 0 aliphatic carbocycles. The van der Waals surface area contributed by atoms with Crippen LogP contribution in [0.4, 0.5) is 11.5 Å². The van der Waals surface area contributed by atoms with Gasteiger partial charge in [0.1, 0.15) is 5.82 Å². The second kappa shape index (κ2) is 5.27. The monoisotopic (exact) mass is 315 g/mol. The van der Waals surface area contributed by atoms with Crippen molar-refractivity contribution in [1.29, 1.82) is 0 Å². The predicted molar refractivity (Wildman–Crippen MR) is 84.0 cm³/mol. The Hall–Kier alpha value is -2.67. The van der Waals surface area contributed by atoms with Crippen molar-refractivity contribution in [3.63, 3.8) is 0 Å². The second-order valence-electron chi connectivity index (χ2n) is 4.69. The van der Waals surface area contributed by atoms with Gasteiger partial charge in [-0.25, -0.2) is 13.4 Å². The van der Waals surface area contributed by atoms with Crippen LogP contribution < -0.4 is 9.62 Å². The molecule has 0 fully saturated rings. The molecule has 6 nitrogen and oxygen atoms in total. The standard InChI is InChI=1S/C15H13N3O3S/c1-18-12-7-3-2-6-11(12)15(19)13(22(18,20)21)10-17-14-8-4-5-9-16-14/h2-10H,1H3,(H,16,17). The van der Waals surface area contributed by atoms with Gasteiger partial charge in [-0.1, -0.05) is 18.2 Å². The van der Waals surface area contributed by atoms with Crippen molar-refractivity contribution in [2.75, 3.05) is 16.7 Å². The summed E-state index contributed by atoms with van der Waals surface area (Å²) in [5.74, 6) is -0.0726. The lowest BCUT2D eigenvalue weighted by Crippen LogP contribution is -2.36. The van der Waals surface area contributed by atoms with E-state index in [1.165, 1.54) is 13.2 Å². The van der Waals surface area contributed by atoms with Crippen LogP contribution in [0.15, 0.2) is 59.8 Å². The molecule has 7 heteroatoms. The Labute approximate surface area is 128 Å². The number of para-hydroxylation sites is 1. The van der Waals surface area contributed by atoms with Gasteiger partial charge in [-0.05, 0) is 24.3 Å². The van der Waals surface area contributed by atoms with E-state index in [9.17, 15) is 13.2 Å². The highest BCUT2D eigenvalue weighted by Crippen LogP contribution is 2.33. The number of ketones is 1. The van der Waals surface area contributed by atoms with E-state index in [4.69, 9.17) is 0 Å². The van der Waals surface area contributed by atoms with Gasteiger partial charge in [-0.15, -0.1) is 0 Å². The maximum Gasteiger partial charge on any atom is 0.269 e. The summed E-state index contributed by atoms with van der Waals surface area (Å²) in [5, 5.41) is 2.75. The Balaban J connectivity index is 2.06. The van der Waals surface area contributed by atoms with E-state index in [2.05, 4.69) is 10.3 Å². The summed E-state index contributed by atoms with van der Waals surface area (Å²) in [6.07, 6.45) is 2.76. The van der Waals surface area contributed by atoms with Crippen molar-refractivity contribution in [2.24, 2.45) is 0 Å². The van der Waals surface area contributed by atoms with Crippen LogP contribution in [0.25, 0.3) is 0 Å². The Kier molecular flexibility index (Phi) is 3.42. The van der Waals surface area contributed by atoms with Gasteiger partial charge in [0.2, 0.25) is 5.78 Å². The molecule has 0 bridgehead atoms. The number of carbonyl (C=O) groups excluding carboxylic acids is 1. The number of fused-ring (bicyclic) bond motifs is 1. The van der Waals surface area contributed by atoms with Gasteiger partial charge in [0.05, 0.1) is 5.69 Å². The van der Waals surface area contributed by atoms with Crippen LogP contribution in [-0.4, -0.2) is 26.2 Å². The number of pyridine rings is 1. The number of hydrogen-bond donors (Lipinski definition) is 1. The summed E-state index contributed by atoms with van der Waals surface area (Å²) < 4.78 is 26.1. The van der Waals surface area contributed by atoms with E-state index in [1.54, 1.807) is 48.7 Å². The van der Waals surface area contributed by atoms with E-state index in [0.717, 1.165) is 4.31 Å². The van der Waals surface area contributed by atoms with Crippen LogP contribution >= 0.6 is 0 Å². The zero-order valence-corrected chi connectivity index (χ0v) is 12.5. The van der Waals surface area contributed by atoms with Crippen molar-refractivity contribution in [1.82, 2.24) is 4.98 Å². The van der Waals surface area contributed by atoms with Gasteiger partial charge in [-0.3, -0.25) is 9.10 Å². The summed E-state index contributed by atoms with van der Waals surface area (Å²) in [6.45, 7) is 0. The fourth-order valence-electron chi connectivity index (χ4n) is 2.19. The molecule has 1 aromatic carbocycles. The molecule has 0 saturated carbocycles. The van der Waals surface area contributed by atoms with Crippen molar-refractivity contribution in [3.05, 3.63) is 65.3 Å². The van der Waals surface area contributed by atoms with Crippen molar-refractivity contribution in [3.8, 4) is 0 Å². The predicted octanol–water partition coefficient (Wildman–Crippen LogP) is 2.00. The fraction of sp³-hybridized carbons (Fsp3) is 0.0667. The quantitative estimate of drug-likeness (QED) is 0.857. The minimum absolute atomic E-state index is 0.306. The van der Waals surface area contributed by atoms with Crippen molar-refractivity contribution in [2.45, 2.75) is 0 Å². The molecule has 0 saturated heterocycles. The molecule has 0 radical (unpaired) electrons. The first-order valence-corrected chi connectivity index (χ1v) is 7.96. The van der Waals surface area contributed by atoms with Gasteiger partial charge in [0.25, 0.3) is 10.0 Å². The molecule has 2 aromatic rings. The fourth-order valence-corrected chi connectivity index (χ4v) is 3.46. The number of nitrogens with one attached hydrogen (secondary N) is 1. The third kappa shape index (κ3) is 2.25. The Bertz CT molecular complexity index is 861. The van der Waals surface area contributed by atoms with E-state index in [1.807, 2.05) is 0 Å². The number of sulfonamides is 1. The van der Waals surface area contributed by atoms with Gasteiger partial charge >= 0.3 is 0 Å². The third-order valence-electron chi connectivity index (χ3n) is 3.37. The van der Waals surface area contributed by atoms with Gasteiger partial charge in [-0.2, -0.15) is 0 Å². The van der Waals surface area contributed by atoms with Crippen molar-refractivity contribution < 1.29 is 13.2 Å². The first-order chi connectivity index (χ1) is 10.5. The number of allylic oxidation sites excluding steroid dienone is 1. The zero-order chi connectivity index (χ0) is 15.7. The van der Waals surface area contributed by atoms with Gasteiger partial charge in [0, 0.05) is 25.0 Å². The minimum Gasteiger partial charge on any atom is -0.345 e. The first-order valence-electron chi connectivity index (χ1n) is 6.52. The first kappa shape index (κ1) is 14.3. The molecule has 3 rings (SSSR count). The molecular weight excluding hydrogens is 302 g/mol. The summed E-state index contributed by atoms with van der Waals surface area (Å²) >= 11 is 0. The number of carbonyl (C=O) groups is 1. The lowest BCUT2D eigenvalue weighted by atomic mass is 10.1. The molecule has 1 N–H and O–H groups in total. The van der Waals surface area contributed by atoms with Gasteiger partial charge < -0.3 is 5.32 Å². The summed E-state index contributed by atoms with van der Waals surface area (Å²) in [6, 6.07) is 11.8. The Morgan fingerprint density at radius 1 is 1.14 bits per heavy atom. The average Bonchev–Trinajstić information content (AvgIpc) is 2.54. The number of Topliss-reactive ketones (excluding diaryl/α,β-unsaturated/α-hetero) is 1. The zero-order valence-electron chi connectivity index (χ0n) is 11.7. The summed E-state index contributed by atoms with van der Waals surface area (Å²) in [5.41, 5.74) is 0.733. The molecule has 0 amide bonds. The number of aromatic nitrogens is 1. The summed E-state index contributed by atoms with van der Waals surface area (Å²) in [7, 11) is -2.45. The Morgan fingerprint density at radius 2 is 1.86 bits per heavy atom. The largest absolute Gasteiger partial charge is 0.345 e. The molecule has 1 aliphatic rings. The highest BCUT2D eigenvalue weighted by atomic mass is 32.2. The van der Waals surface area contributed by atoms with Crippen LogP contribution in [-0.2, 0) is 10.0 Å². The number of rotatable bonds is 2. The molecule has 0 unspecified atom stereocenters. The van der Waals surface area contributed by atoms with Gasteiger partial charge in [0.15, 0.2) is 4.91 Å². The SMILES string of the molecule is CN1c2ccccc2C(=O)C(=CNc2ccccn2)S1(=O)=O. The van der Waals surface area contributed by atoms with E-state index >= 15 is 0 Å². The minimum atomic E-state index is -3.88. The highest BCUT2D eigenvalue weighted by Gasteiger charge is 2.37. The lowest BCUT2D eigenvalue weighted by molar-refractivity contribution is 0.104. The molecule has 1 aliphatic heterocycles. The van der Waals surface area contributed by atoms with Crippen LogP contribution in [0.3, 0.4) is 0 Å². The number of hydrogen-bond acceptors (Lipinski definition) is 5. The van der Waals surface area contributed by atoms with Crippen LogP contribution in [0, 0.1) is 0 Å².